The van der Waals surface area contributed by atoms with Crippen LogP contribution in [-0.4, -0.2) is 60.7 Å². The molecule has 0 amide bonds. The van der Waals surface area contributed by atoms with Gasteiger partial charge in [-0.05, 0) is 12.1 Å². The van der Waals surface area contributed by atoms with Gasteiger partial charge in [0.2, 0.25) is 5.95 Å². The number of halogens is 2. The van der Waals surface area contributed by atoms with Crippen LogP contribution in [0.2, 0.25) is 5.02 Å². The van der Waals surface area contributed by atoms with Crippen molar-refractivity contribution in [3.8, 4) is 11.5 Å². The van der Waals surface area contributed by atoms with Crippen LogP contribution in [0.5, 0.6) is 11.5 Å². The highest BCUT2D eigenvalue weighted by atomic mass is 35.5. The Bertz CT molecular complexity index is 1510. The second-order valence-corrected chi connectivity index (χ2v) is 8.19. The van der Waals surface area contributed by atoms with E-state index in [1.54, 1.807) is 35.1 Å². The maximum Gasteiger partial charge on any atom is 0.226 e. The molecule has 13 heteroatoms. The molecule has 176 valence electrons. The van der Waals surface area contributed by atoms with Gasteiger partial charge in [-0.2, -0.15) is 5.10 Å². The molecule has 0 atom stereocenters. The summed E-state index contributed by atoms with van der Waals surface area (Å²) < 4.78 is 22.3. The van der Waals surface area contributed by atoms with Gasteiger partial charge in [-0.1, -0.05) is 11.6 Å². The van der Waals surface area contributed by atoms with Crippen LogP contribution in [0.3, 0.4) is 0 Å². The average molecular weight is 493 g/mol. The van der Waals surface area contributed by atoms with Gasteiger partial charge in [0.1, 0.15) is 29.4 Å². The van der Waals surface area contributed by atoms with Crippen LogP contribution < -0.4 is 20.3 Å². The summed E-state index contributed by atoms with van der Waals surface area (Å²) in [7, 11) is 0. The van der Waals surface area contributed by atoms with Gasteiger partial charge in [0.15, 0.2) is 23.0 Å². The lowest BCUT2D eigenvalue weighted by molar-refractivity contribution is 0.442. The molecular weight excluding hydrogens is 475 g/mol. The van der Waals surface area contributed by atoms with Crippen LogP contribution in [0.25, 0.3) is 16.7 Å². The number of fused-ring (bicyclic) bond motifs is 2. The van der Waals surface area contributed by atoms with Gasteiger partial charge in [0.25, 0.3) is 0 Å². The smallest absolute Gasteiger partial charge is 0.226 e. The summed E-state index contributed by atoms with van der Waals surface area (Å²) in [6.07, 6.45) is 6.13. The number of ether oxygens (including phenoxy) is 1. The Morgan fingerprint density at radius 3 is 2.80 bits per heavy atom. The molecule has 11 nitrogen and oxygen atoms in total. The number of anilines is 3. The minimum atomic E-state index is -0.643. The minimum Gasteiger partial charge on any atom is -0.453 e. The van der Waals surface area contributed by atoms with Crippen molar-refractivity contribution in [1.29, 1.82) is 0 Å². The first-order valence-electron chi connectivity index (χ1n) is 10.8. The zero-order chi connectivity index (χ0) is 23.8. The largest absolute Gasteiger partial charge is 0.453 e. The second kappa shape index (κ2) is 8.89. The van der Waals surface area contributed by atoms with E-state index in [0.717, 1.165) is 26.2 Å². The summed E-state index contributed by atoms with van der Waals surface area (Å²) in [6, 6.07) is 6.12. The zero-order valence-corrected chi connectivity index (χ0v) is 18.9. The molecule has 1 fully saturated rings. The summed E-state index contributed by atoms with van der Waals surface area (Å²) in [4.78, 5) is 23.8. The summed E-state index contributed by atoms with van der Waals surface area (Å²) in [5.74, 6) is 0.642. The van der Waals surface area contributed by atoms with E-state index >= 15 is 4.39 Å². The molecule has 35 heavy (non-hydrogen) atoms. The number of nitrogens with zero attached hydrogens (tertiary/aromatic N) is 8. The van der Waals surface area contributed by atoms with Crippen LogP contribution in [-0.2, 0) is 0 Å². The first-order chi connectivity index (χ1) is 17.1. The lowest BCUT2D eigenvalue weighted by Gasteiger charge is -2.27. The highest BCUT2D eigenvalue weighted by Crippen LogP contribution is 2.36. The van der Waals surface area contributed by atoms with E-state index in [1.165, 1.54) is 18.7 Å². The third-order valence-corrected chi connectivity index (χ3v) is 5.78. The van der Waals surface area contributed by atoms with E-state index in [-0.39, 0.29) is 10.8 Å². The maximum absolute atomic E-state index is 15.0. The number of nitrogens with one attached hydrogen (secondary N) is 2. The van der Waals surface area contributed by atoms with E-state index in [1.807, 2.05) is 0 Å². The molecule has 0 saturated carbocycles. The summed E-state index contributed by atoms with van der Waals surface area (Å²) in [5, 5.41) is 10.5. The minimum absolute atomic E-state index is 0.0864. The molecule has 0 unspecified atom stereocenters. The van der Waals surface area contributed by atoms with Crippen molar-refractivity contribution in [2.45, 2.75) is 0 Å². The van der Waals surface area contributed by atoms with Crippen molar-refractivity contribution in [3.63, 3.8) is 0 Å². The Kier molecular flexibility index (Phi) is 5.43. The fourth-order valence-electron chi connectivity index (χ4n) is 3.80. The maximum atomic E-state index is 15.0. The van der Waals surface area contributed by atoms with Gasteiger partial charge >= 0.3 is 0 Å². The normalized spacial score (nSPS) is 13.9. The van der Waals surface area contributed by atoms with Crippen LogP contribution >= 0.6 is 11.6 Å². The van der Waals surface area contributed by atoms with Crippen LogP contribution in [0.1, 0.15) is 0 Å². The molecule has 2 N–H and O–H groups in total. The standard InChI is InChI=1S/C22H18ClFN10O/c23-15-7-13(8-16(24)20(15)35-14-1-4-34-18(9-14)28-12-30-34)31-21-19-17(27-11-29-21)10-26-22(32-19)33-5-2-25-3-6-33/h1,4,7-12,25H,2-3,5-6H2,(H,27,29,31). The fourth-order valence-corrected chi connectivity index (χ4v) is 4.04. The predicted octanol–water partition coefficient (Wildman–Crippen LogP) is 3.20. The van der Waals surface area contributed by atoms with E-state index in [9.17, 15) is 0 Å². The van der Waals surface area contributed by atoms with Gasteiger partial charge in [0, 0.05) is 50.2 Å². The van der Waals surface area contributed by atoms with Crippen LogP contribution in [0.15, 0.2) is 49.3 Å². The molecule has 4 aromatic heterocycles. The molecule has 0 spiro atoms. The highest BCUT2D eigenvalue weighted by molar-refractivity contribution is 6.32. The molecule has 0 radical (unpaired) electrons. The molecule has 1 aliphatic rings. The SMILES string of the molecule is Fc1cc(Nc2ncnc3cnc(N4CCNCC4)nc23)cc(Cl)c1Oc1ccn2ncnc2c1. The van der Waals surface area contributed by atoms with Crippen molar-refractivity contribution >= 4 is 45.7 Å². The summed E-state index contributed by atoms with van der Waals surface area (Å²) in [6.45, 7) is 3.32. The monoisotopic (exact) mass is 492 g/mol. The van der Waals surface area contributed by atoms with Crippen molar-refractivity contribution < 1.29 is 9.13 Å². The number of pyridine rings is 1. The summed E-state index contributed by atoms with van der Waals surface area (Å²) >= 11 is 6.38. The Morgan fingerprint density at radius 1 is 1.06 bits per heavy atom. The van der Waals surface area contributed by atoms with Crippen molar-refractivity contribution in [2.24, 2.45) is 0 Å². The molecule has 6 rings (SSSR count). The van der Waals surface area contributed by atoms with E-state index < -0.39 is 5.82 Å². The second-order valence-electron chi connectivity index (χ2n) is 7.78. The van der Waals surface area contributed by atoms with Gasteiger partial charge in [0.05, 0.1) is 11.2 Å². The molecule has 0 aliphatic carbocycles. The third kappa shape index (κ3) is 4.24. The Balaban J connectivity index is 1.29. The highest BCUT2D eigenvalue weighted by Gasteiger charge is 2.17. The first-order valence-corrected chi connectivity index (χ1v) is 11.2. The lowest BCUT2D eigenvalue weighted by Crippen LogP contribution is -2.44. The Labute approximate surface area is 203 Å². The lowest BCUT2D eigenvalue weighted by atomic mass is 10.2. The van der Waals surface area contributed by atoms with Crippen molar-refractivity contribution in [2.75, 3.05) is 36.4 Å². The number of aromatic nitrogens is 7. The fraction of sp³-hybridized carbons (Fsp3) is 0.182. The molecule has 0 bridgehead atoms. The number of piperazine rings is 1. The van der Waals surface area contributed by atoms with E-state index in [4.69, 9.17) is 16.3 Å². The number of hydrogen-bond acceptors (Lipinski definition) is 10. The van der Waals surface area contributed by atoms with Crippen molar-refractivity contribution in [3.05, 3.63) is 60.2 Å². The topological polar surface area (TPSA) is 118 Å². The Hall–Kier alpha value is -4.16. The van der Waals surface area contributed by atoms with E-state index in [0.29, 0.717) is 39.9 Å². The van der Waals surface area contributed by atoms with Gasteiger partial charge in [-0.15, -0.1) is 0 Å². The summed E-state index contributed by atoms with van der Waals surface area (Å²) in [5.41, 5.74) is 2.04. The van der Waals surface area contributed by atoms with E-state index in [2.05, 4.69) is 45.6 Å². The van der Waals surface area contributed by atoms with Crippen LogP contribution in [0, 0.1) is 5.82 Å². The van der Waals surface area contributed by atoms with Gasteiger partial charge < -0.3 is 20.3 Å². The van der Waals surface area contributed by atoms with Crippen molar-refractivity contribution in [1.82, 2.24) is 39.9 Å². The molecule has 1 aromatic carbocycles. The third-order valence-electron chi connectivity index (χ3n) is 5.50. The number of benzene rings is 1. The van der Waals surface area contributed by atoms with Crippen LogP contribution in [0.4, 0.5) is 21.8 Å². The van der Waals surface area contributed by atoms with Gasteiger partial charge in [-0.25, -0.2) is 33.8 Å². The molecular formula is C22H18ClFN10O. The first kappa shape index (κ1) is 21.4. The molecule has 5 aromatic rings. The average Bonchev–Trinajstić information content (AvgIpc) is 3.35. The molecule has 1 saturated heterocycles. The Morgan fingerprint density at radius 2 is 1.94 bits per heavy atom. The number of rotatable bonds is 5. The molecule has 5 heterocycles. The van der Waals surface area contributed by atoms with Gasteiger partial charge in [-0.3, -0.25) is 0 Å². The quantitative estimate of drug-likeness (QED) is 0.378. The zero-order valence-electron chi connectivity index (χ0n) is 18.2. The number of hydrogen-bond donors (Lipinski definition) is 2. The predicted molar refractivity (Wildman–Crippen MR) is 128 cm³/mol. The molecule has 1 aliphatic heterocycles.